The first-order valence-electron chi connectivity index (χ1n) is 9.53. The van der Waals surface area contributed by atoms with Gasteiger partial charge in [-0.1, -0.05) is 0 Å². The van der Waals surface area contributed by atoms with Gasteiger partial charge in [0.15, 0.2) is 0 Å². The van der Waals surface area contributed by atoms with E-state index in [1.807, 2.05) is 0 Å². The van der Waals surface area contributed by atoms with Crippen LogP contribution in [0.4, 0.5) is 0 Å². The van der Waals surface area contributed by atoms with E-state index in [0.717, 1.165) is 17.8 Å². The van der Waals surface area contributed by atoms with Crippen LogP contribution >= 0.6 is 0 Å². The quantitative estimate of drug-likeness (QED) is 0.547. The van der Waals surface area contributed by atoms with Gasteiger partial charge in [0.2, 0.25) is 20.0 Å². The van der Waals surface area contributed by atoms with Gasteiger partial charge in [-0.15, -0.1) is 0 Å². The standard InChI is InChI=1S/C19H20N6O5S2/c20-31(27,28)17-5-7-18(8-6-17)32(29,30)24-11-9-23(10-12-24)19(26)15-1-3-16(4-2-15)25-14-21-13-22-25/h1-8,13-14H,9-12H2,(H2,20,27,28). The Kier molecular flexibility index (Phi) is 5.81. The van der Waals surface area contributed by atoms with Gasteiger partial charge in [0, 0.05) is 31.7 Å². The Bertz CT molecular complexity index is 1310. The Morgan fingerprint density at radius 2 is 1.44 bits per heavy atom. The van der Waals surface area contributed by atoms with Gasteiger partial charge in [0.25, 0.3) is 5.91 Å². The Balaban J connectivity index is 1.41. The van der Waals surface area contributed by atoms with Gasteiger partial charge in [-0.3, -0.25) is 4.79 Å². The zero-order valence-corrected chi connectivity index (χ0v) is 18.4. The number of piperazine rings is 1. The number of carbonyl (C=O) groups is 1. The van der Waals surface area contributed by atoms with E-state index in [0.29, 0.717) is 5.56 Å². The number of hydrogen-bond acceptors (Lipinski definition) is 7. The Morgan fingerprint density at radius 3 is 1.97 bits per heavy atom. The smallest absolute Gasteiger partial charge is 0.253 e. The highest BCUT2D eigenvalue weighted by Crippen LogP contribution is 2.20. The molecule has 1 saturated heterocycles. The number of nitrogens with two attached hydrogens (primary N) is 1. The van der Waals surface area contributed by atoms with Gasteiger partial charge in [0.1, 0.15) is 12.7 Å². The van der Waals surface area contributed by atoms with Crippen molar-refractivity contribution in [2.45, 2.75) is 9.79 Å². The molecule has 1 aliphatic rings. The van der Waals surface area contributed by atoms with E-state index in [-0.39, 0.29) is 41.9 Å². The highest BCUT2D eigenvalue weighted by atomic mass is 32.2. The van der Waals surface area contributed by atoms with Crippen molar-refractivity contribution in [1.82, 2.24) is 24.0 Å². The summed E-state index contributed by atoms with van der Waals surface area (Å²) in [5.41, 5.74) is 1.26. The van der Waals surface area contributed by atoms with Gasteiger partial charge in [-0.25, -0.2) is 31.6 Å². The van der Waals surface area contributed by atoms with Gasteiger partial charge >= 0.3 is 0 Å². The van der Waals surface area contributed by atoms with Crippen molar-refractivity contribution in [3.63, 3.8) is 0 Å². The van der Waals surface area contributed by atoms with Crippen LogP contribution in [-0.4, -0.2) is 72.9 Å². The zero-order valence-electron chi connectivity index (χ0n) is 16.8. The first kappa shape index (κ1) is 22.1. The summed E-state index contributed by atoms with van der Waals surface area (Å²) in [4.78, 5) is 18.1. The fraction of sp³-hybridized carbons (Fsp3) is 0.211. The van der Waals surface area contributed by atoms with Crippen LogP contribution < -0.4 is 5.14 Å². The van der Waals surface area contributed by atoms with Crippen molar-refractivity contribution in [3.8, 4) is 5.69 Å². The van der Waals surface area contributed by atoms with Crippen molar-refractivity contribution in [3.05, 3.63) is 66.7 Å². The van der Waals surface area contributed by atoms with Crippen molar-refractivity contribution >= 4 is 26.0 Å². The van der Waals surface area contributed by atoms with E-state index >= 15 is 0 Å². The molecule has 0 unspecified atom stereocenters. The molecule has 0 saturated carbocycles. The molecule has 1 aliphatic heterocycles. The number of benzene rings is 2. The van der Waals surface area contributed by atoms with Gasteiger partial charge in [-0.2, -0.15) is 9.40 Å². The lowest BCUT2D eigenvalue weighted by Crippen LogP contribution is -2.50. The van der Waals surface area contributed by atoms with E-state index in [1.54, 1.807) is 40.2 Å². The molecular weight excluding hydrogens is 456 g/mol. The average Bonchev–Trinajstić information content (AvgIpc) is 3.33. The minimum atomic E-state index is -3.91. The third-order valence-corrected chi connectivity index (χ3v) is 7.96. The predicted octanol–water partition coefficient (Wildman–Crippen LogP) is 0.0614. The number of nitrogens with zero attached hydrogens (tertiary/aromatic N) is 5. The van der Waals surface area contributed by atoms with Crippen LogP contribution in [0.2, 0.25) is 0 Å². The van der Waals surface area contributed by atoms with Crippen LogP contribution in [0.1, 0.15) is 10.4 Å². The third-order valence-electron chi connectivity index (χ3n) is 5.11. The van der Waals surface area contributed by atoms with Gasteiger partial charge < -0.3 is 4.90 Å². The molecular formula is C19H20N6O5S2. The van der Waals surface area contributed by atoms with Crippen LogP contribution in [0, 0.1) is 0 Å². The molecule has 2 N–H and O–H groups in total. The van der Waals surface area contributed by atoms with E-state index in [9.17, 15) is 21.6 Å². The van der Waals surface area contributed by atoms with Crippen molar-refractivity contribution in [2.75, 3.05) is 26.2 Å². The lowest BCUT2D eigenvalue weighted by atomic mass is 10.1. The maximum atomic E-state index is 12.9. The Hall–Kier alpha value is -3.13. The van der Waals surface area contributed by atoms with Crippen LogP contribution in [0.5, 0.6) is 0 Å². The van der Waals surface area contributed by atoms with Crippen LogP contribution in [-0.2, 0) is 20.0 Å². The minimum absolute atomic E-state index is 0.0339. The number of amides is 1. The Labute approximate surface area is 185 Å². The molecule has 2 heterocycles. The number of hydrogen-bond donors (Lipinski definition) is 1. The number of sulfonamides is 2. The molecule has 1 fully saturated rings. The van der Waals surface area contributed by atoms with Crippen molar-refractivity contribution < 1.29 is 21.6 Å². The van der Waals surface area contributed by atoms with Gasteiger partial charge in [-0.05, 0) is 48.5 Å². The maximum Gasteiger partial charge on any atom is 0.253 e. The van der Waals surface area contributed by atoms with Crippen molar-refractivity contribution in [1.29, 1.82) is 0 Å². The Morgan fingerprint density at radius 1 is 0.844 bits per heavy atom. The summed E-state index contributed by atoms with van der Waals surface area (Å²) >= 11 is 0. The summed E-state index contributed by atoms with van der Waals surface area (Å²) in [5.74, 6) is -0.190. The van der Waals surface area contributed by atoms with Crippen LogP contribution in [0.3, 0.4) is 0 Å². The van der Waals surface area contributed by atoms with E-state index in [2.05, 4.69) is 10.1 Å². The number of aromatic nitrogens is 3. The predicted molar refractivity (Wildman–Crippen MR) is 114 cm³/mol. The first-order chi connectivity index (χ1) is 15.2. The average molecular weight is 477 g/mol. The molecule has 0 spiro atoms. The minimum Gasteiger partial charge on any atom is -0.336 e. The second-order valence-corrected chi connectivity index (χ2v) is 10.6. The molecule has 1 aromatic heterocycles. The van der Waals surface area contributed by atoms with Gasteiger partial charge in [0.05, 0.1) is 15.5 Å². The molecule has 32 heavy (non-hydrogen) atoms. The molecule has 0 aliphatic carbocycles. The summed E-state index contributed by atoms with van der Waals surface area (Å²) in [7, 11) is -7.73. The fourth-order valence-electron chi connectivity index (χ4n) is 3.36. The molecule has 1 amide bonds. The molecule has 2 aromatic carbocycles. The highest BCUT2D eigenvalue weighted by Gasteiger charge is 2.30. The summed E-state index contributed by atoms with van der Waals surface area (Å²) in [6.07, 6.45) is 2.97. The molecule has 4 rings (SSSR count). The largest absolute Gasteiger partial charge is 0.336 e. The number of carbonyl (C=O) groups excluding carboxylic acids is 1. The second kappa shape index (κ2) is 8.43. The summed E-state index contributed by atoms with van der Waals surface area (Å²) < 4.78 is 51.3. The lowest BCUT2D eigenvalue weighted by molar-refractivity contribution is 0.0698. The molecule has 0 bridgehead atoms. The van der Waals surface area contributed by atoms with Crippen LogP contribution in [0.15, 0.2) is 71.0 Å². The topological polar surface area (TPSA) is 149 Å². The summed E-state index contributed by atoms with van der Waals surface area (Å²) in [6, 6.07) is 11.6. The van der Waals surface area contributed by atoms with E-state index in [1.165, 1.54) is 22.8 Å². The van der Waals surface area contributed by atoms with Crippen molar-refractivity contribution in [2.24, 2.45) is 5.14 Å². The second-order valence-electron chi connectivity index (χ2n) is 7.10. The maximum absolute atomic E-state index is 12.9. The third kappa shape index (κ3) is 4.41. The number of rotatable bonds is 5. The van der Waals surface area contributed by atoms with Crippen LogP contribution in [0.25, 0.3) is 5.69 Å². The lowest BCUT2D eigenvalue weighted by Gasteiger charge is -2.34. The summed E-state index contributed by atoms with van der Waals surface area (Å²) in [5, 5.41) is 9.09. The molecule has 13 heteroatoms. The highest BCUT2D eigenvalue weighted by molar-refractivity contribution is 7.89. The van der Waals surface area contributed by atoms with E-state index < -0.39 is 20.0 Å². The number of primary sulfonamides is 1. The first-order valence-corrected chi connectivity index (χ1v) is 12.5. The fourth-order valence-corrected chi connectivity index (χ4v) is 5.30. The summed E-state index contributed by atoms with van der Waals surface area (Å²) in [6.45, 7) is 0.723. The molecule has 11 nitrogen and oxygen atoms in total. The van der Waals surface area contributed by atoms with E-state index in [4.69, 9.17) is 5.14 Å². The molecule has 0 radical (unpaired) electrons. The molecule has 0 atom stereocenters. The molecule has 168 valence electrons. The normalized spacial score (nSPS) is 15.6. The molecule has 3 aromatic rings. The zero-order chi connectivity index (χ0) is 22.9. The SMILES string of the molecule is NS(=O)(=O)c1ccc(S(=O)(=O)N2CCN(C(=O)c3ccc(-n4cncn4)cc3)CC2)cc1. The monoisotopic (exact) mass is 476 g/mol.